The molecular weight excluding hydrogens is 242 g/mol. The third-order valence-corrected chi connectivity index (χ3v) is 2.66. The van der Waals surface area contributed by atoms with Gasteiger partial charge in [-0.15, -0.1) is 0 Å². The van der Waals surface area contributed by atoms with Crippen LogP contribution in [0, 0.1) is 0 Å². The number of hydrogen-bond acceptors (Lipinski definition) is 6. The van der Waals surface area contributed by atoms with Gasteiger partial charge in [-0.2, -0.15) is 4.98 Å². The molecule has 2 heterocycles. The predicted molar refractivity (Wildman–Crippen MR) is 67.8 cm³/mol. The summed E-state index contributed by atoms with van der Waals surface area (Å²) in [7, 11) is 0. The van der Waals surface area contributed by atoms with Crippen LogP contribution in [-0.2, 0) is 0 Å². The molecule has 6 heteroatoms. The lowest BCUT2D eigenvalue weighted by Crippen LogP contribution is -2.12. The predicted octanol–water partition coefficient (Wildman–Crippen LogP) is 1.57. The molecule has 0 aliphatic carbocycles. The van der Waals surface area contributed by atoms with E-state index in [-0.39, 0.29) is 0 Å². The van der Waals surface area contributed by atoms with E-state index in [0.29, 0.717) is 17.4 Å². The molecule has 0 aliphatic rings. The molecule has 2 N–H and O–H groups in total. The van der Waals surface area contributed by atoms with Gasteiger partial charge in [-0.3, -0.25) is 4.98 Å². The fraction of sp³-hybridized carbons (Fsp3) is 0.0769. The normalized spacial score (nSPS) is 12.3. The Kier molecular flexibility index (Phi) is 2.99. The summed E-state index contributed by atoms with van der Waals surface area (Å²) in [6.45, 7) is 0. The summed E-state index contributed by atoms with van der Waals surface area (Å²) in [5.41, 5.74) is 7.54. The second kappa shape index (κ2) is 4.95. The zero-order valence-corrected chi connectivity index (χ0v) is 9.97. The Morgan fingerprint density at radius 2 is 1.95 bits per heavy atom. The summed E-state index contributed by atoms with van der Waals surface area (Å²) in [4.78, 5) is 12.3. The van der Waals surface area contributed by atoms with Gasteiger partial charge in [0.15, 0.2) is 0 Å². The maximum absolute atomic E-state index is 6.08. The van der Waals surface area contributed by atoms with Crippen molar-refractivity contribution in [3.63, 3.8) is 0 Å². The zero-order valence-electron chi connectivity index (χ0n) is 9.97. The number of nitrogens with zero attached hydrogens (tertiary/aromatic N) is 4. The van der Waals surface area contributed by atoms with E-state index in [1.807, 2.05) is 30.3 Å². The van der Waals surface area contributed by atoms with Crippen LogP contribution < -0.4 is 5.73 Å². The first-order valence-electron chi connectivity index (χ1n) is 5.75. The molecule has 0 spiro atoms. The van der Waals surface area contributed by atoms with Crippen LogP contribution in [0.1, 0.15) is 17.5 Å². The molecule has 0 bridgehead atoms. The van der Waals surface area contributed by atoms with E-state index in [1.54, 1.807) is 18.6 Å². The van der Waals surface area contributed by atoms with E-state index < -0.39 is 6.04 Å². The molecule has 0 amide bonds. The van der Waals surface area contributed by atoms with Crippen LogP contribution in [0.5, 0.6) is 0 Å². The van der Waals surface area contributed by atoms with Gasteiger partial charge in [-0.25, -0.2) is 4.98 Å². The molecule has 0 fully saturated rings. The summed E-state index contributed by atoms with van der Waals surface area (Å²) in [5, 5.41) is 3.86. The summed E-state index contributed by atoms with van der Waals surface area (Å²) < 4.78 is 5.18. The molecule has 0 saturated heterocycles. The molecule has 1 atom stereocenters. The van der Waals surface area contributed by atoms with E-state index >= 15 is 0 Å². The Bertz CT molecular complexity index is 653. The lowest BCUT2D eigenvalue weighted by molar-refractivity contribution is 0.367. The summed E-state index contributed by atoms with van der Waals surface area (Å²) in [6, 6.07) is 9.13. The average molecular weight is 253 g/mol. The molecule has 3 rings (SSSR count). The van der Waals surface area contributed by atoms with Crippen molar-refractivity contribution in [2.24, 2.45) is 5.73 Å². The monoisotopic (exact) mass is 253 g/mol. The summed E-state index contributed by atoms with van der Waals surface area (Å²) >= 11 is 0. The van der Waals surface area contributed by atoms with Crippen molar-refractivity contribution in [1.82, 2.24) is 20.1 Å². The maximum atomic E-state index is 6.08. The molecule has 0 radical (unpaired) electrons. The van der Waals surface area contributed by atoms with Gasteiger partial charge < -0.3 is 10.3 Å². The first-order valence-corrected chi connectivity index (χ1v) is 5.75. The van der Waals surface area contributed by atoms with Gasteiger partial charge in [0.05, 0.1) is 6.20 Å². The van der Waals surface area contributed by atoms with E-state index in [9.17, 15) is 0 Å². The highest BCUT2D eigenvalue weighted by atomic mass is 16.5. The summed E-state index contributed by atoms with van der Waals surface area (Å²) in [6.07, 6.45) is 4.73. The van der Waals surface area contributed by atoms with Gasteiger partial charge in [0.2, 0.25) is 11.7 Å². The minimum atomic E-state index is -0.445. The highest BCUT2D eigenvalue weighted by Gasteiger charge is 2.17. The average Bonchev–Trinajstić information content (AvgIpc) is 2.98. The van der Waals surface area contributed by atoms with Gasteiger partial charge >= 0.3 is 0 Å². The largest absolute Gasteiger partial charge is 0.337 e. The van der Waals surface area contributed by atoms with E-state index in [0.717, 1.165) is 5.56 Å². The molecule has 0 saturated carbocycles. The Morgan fingerprint density at radius 1 is 1.11 bits per heavy atom. The van der Waals surface area contributed by atoms with Crippen LogP contribution in [-0.4, -0.2) is 20.1 Å². The minimum Gasteiger partial charge on any atom is -0.337 e. The number of aromatic nitrogens is 4. The Balaban J connectivity index is 1.90. The highest BCUT2D eigenvalue weighted by Crippen LogP contribution is 2.20. The zero-order chi connectivity index (χ0) is 13.1. The standard InChI is InChI=1S/C13H11N5O/c14-11(9-4-2-1-3-5-9)13-17-12(18-19-13)10-8-15-6-7-16-10/h1-8,11H,14H2/t11-/m0/s1. The van der Waals surface area contributed by atoms with Crippen molar-refractivity contribution in [3.8, 4) is 11.5 Å². The van der Waals surface area contributed by atoms with E-state index in [4.69, 9.17) is 10.3 Å². The van der Waals surface area contributed by atoms with E-state index in [2.05, 4.69) is 20.1 Å². The smallest absolute Gasteiger partial charge is 0.248 e. The number of benzene rings is 1. The quantitative estimate of drug-likeness (QED) is 0.762. The molecule has 3 aromatic rings. The van der Waals surface area contributed by atoms with Crippen LogP contribution in [0.4, 0.5) is 0 Å². The second-order valence-corrected chi connectivity index (χ2v) is 3.94. The highest BCUT2D eigenvalue weighted by molar-refractivity contribution is 5.45. The SMILES string of the molecule is N[C@@H](c1ccccc1)c1nc(-c2cnccn2)no1. The van der Waals surface area contributed by atoms with Crippen molar-refractivity contribution in [3.05, 3.63) is 60.4 Å². The molecular formula is C13H11N5O. The first-order chi connectivity index (χ1) is 9.34. The lowest BCUT2D eigenvalue weighted by Gasteiger charge is -2.05. The Hall–Kier alpha value is -2.60. The molecule has 6 nitrogen and oxygen atoms in total. The Morgan fingerprint density at radius 3 is 2.68 bits per heavy atom. The van der Waals surface area contributed by atoms with Crippen molar-refractivity contribution < 1.29 is 4.52 Å². The van der Waals surface area contributed by atoms with Crippen LogP contribution >= 0.6 is 0 Å². The maximum Gasteiger partial charge on any atom is 0.248 e. The molecule has 19 heavy (non-hydrogen) atoms. The fourth-order valence-electron chi connectivity index (χ4n) is 1.68. The van der Waals surface area contributed by atoms with Crippen molar-refractivity contribution in [1.29, 1.82) is 0 Å². The van der Waals surface area contributed by atoms with Crippen molar-refractivity contribution in [2.75, 3.05) is 0 Å². The molecule has 0 unspecified atom stereocenters. The van der Waals surface area contributed by atoms with Crippen molar-refractivity contribution >= 4 is 0 Å². The third-order valence-electron chi connectivity index (χ3n) is 2.66. The number of hydrogen-bond donors (Lipinski definition) is 1. The first kappa shape index (κ1) is 11.5. The van der Waals surface area contributed by atoms with Gasteiger partial charge in [-0.05, 0) is 5.56 Å². The minimum absolute atomic E-state index is 0.354. The molecule has 94 valence electrons. The molecule has 1 aromatic carbocycles. The van der Waals surface area contributed by atoms with Crippen LogP contribution in [0.25, 0.3) is 11.5 Å². The van der Waals surface area contributed by atoms with Gasteiger partial charge in [0.25, 0.3) is 0 Å². The van der Waals surface area contributed by atoms with E-state index in [1.165, 1.54) is 0 Å². The summed E-state index contributed by atoms with van der Waals surface area (Å²) in [5.74, 6) is 0.737. The van der Waals surface area contributed by atoms with Crippen molar-refractivity contribution in [2.45, 2.75) is 6.04 Å². The van der Waals surface area contributed by atoms with Crippen LogP contribution in [0.2, 0.25) is 0 Å². The number of rotatable bonds is 3. The van der Waals surface area contributed by atoms with Crippen LogP contribution in [0.15, 0.2) is 53.4 Å². The lowest BCUT2D eigenvalue weighted by atomic mass is 10.1. The van der Waals surface area contributed by atoms with Crippen LogP contribution in [0.3, 0.4) is 0 Å². The second-order valence-electron chi connectivity index (χ2n) is 3.94. The topological polar surface area (TPSA) is 90.7 Å². The third kappa shape index (κ3) is 2.34. The van der Waals surface area contributed by atoms with Gasteiger partial charge in [0.1, 0.15) is 11.7 Å². The molecule has 0 aliphatic heterocycles. The van der Waals surface area contributed by atoms with Gasteiger partial charge in [-0.1, -0.05) is 35.5 Å². The fourth-order valence-corrected chi connectivity index (χ4v) is 1.68. The molecule has 2 aromatic heterocycles. The van der Waals surface area contributed by atoms with Gasteiger partial charge in [0, 0.05) is 12.4 Å². The Labute approximate surface area is 109 Å². The number of nitrogens with two attached hydrogens (primary N) is 1.